The van der Waals surface area contributed by atoms with E-state index in [1.165, 1.54) is 0 Å². The van der Waals surface area contributed by atoms with Crippen molar-refractivity contribution in [1.29, 1.82) is 0 Å². The first-order valence-electron chi connectivity index (χ1n) is 14.7. The second-order valence-corrected chi connectivity index (χ2v) is 13.2. The van der Waals surface area contributed by atoms with E-state index in [9.17, 15) is 18.0 Å². The van der Waals surface area contributed by atoms with Gasteiger partial charge in [-0.1, -0.05) is 27.7 Å². The fourth-order valence-electron chi connectivity index (χ4n) is 4.74. The monoisotopic (exact) mass is 605 g/mol. The van der Waals surface area contributed by atoms with Crippen LogP contribution in [0.2, 0.25) is 0 Å². The number of pyridine rings is 1. The molecule has 1 amide bonds. The molecule has 1 heterocycles. The predicted molar refractivity (Wildman–Crippen MR) is 166 cm³/mol. The highest BCUT2D eigenvalue weighted by Gasteiger charge is 2.33. The van der Waals surface area contributed by atoms with Gasteiger partial charge in [-0.2, -0.15) is 13.2 Å². The highest BCUT2D eigenvalue weighted by molar-refractivity contribution is 5.91. The van der Waals surface area contributed by atoms with Crippen molar-refractivity contribution in [3.8, 4) is 0 Å². The molecule has 11 heteroatoms. The van der Waals surface area contributed by atoms with Gasteiger partial charge >= 0.3 is 12.3 Å². The van der Waals surface area contributed by atoms with Crippen LogP contribution in [-0.4, -0.2) is 54.6 Å². The Morgan fingerprint density at radius 3 is 2.21 bits per heavy atom. The number of aromatic nitrogens is 1. The number of fused-ring (bicyclic) bond motifs is 1. The fourth-order valence-corrected chi connectivity index (χ4v) is 4.74. The van der Waals surface area contributed by atoms with Crippen LogP contribution in [0.15, 0.2) is 28.8 Å². The van der Waals surface area contributed by atoms with Gasteiger partial charge in [0.25, 0.3) is 6.02 Å². The Kier molecular flexibility index (Phi) is 10.3. The Bertz CT molecular complexity index is 1380. The van der Waals surface area contributed by atoms with Crippen LogP contribution < -0.4 is 16.0 Å². The van der Waals surface area contributed by atoms with Gasteiger partial charge in [-0.25, -0.2) is 14.8 Å². The first-order valence-corrected chi connectivity index (χ1v) is 14.7. The summed E-state index contributed by atoms with van der Waals surface area (Å²) >= 11 is 0. The van der Waals surface area contributed by atoms with Crippen molar-refractivity contribution in [3.05, 3.63) is 40.6 Å². The minimum atomic E-state index is -4.33. The number of alkyl halides is 3. The van der Waals surface area contributed by atoms with Gasteiger partial charge in [0.1, 0.15) is 17.8 Å². The second kappa shape index (κ2) is 13.0. The summed E-state index contributed by atoms with van der Waals surface area (Å²) in [4.78, 5) is 21.4. The van der Waals surface area contributed by atoms with Gasteiger partial charge in [0, 0.05) is 30.2 Å². The number of aryl methyl sites for hydroxylation is 1. The van der Waals surface area contributed by atoms with E-state index in [2.05, 4.69) is 20.9 Å². The molecule has 1 aromatic heterocycles. The number of anilines is 1. The first-order chi connectivity index (χ1) is 19.8. The lowest BCUT2D eigenvalue weighted by molar-refractivity contribution is -0.115. The summed E-state index contributed by atoms with van der Waals surface area (Å²) in [5, 5.41) is 9.51. The SMILES string of the molecule is CCC(C)=C(OC(=NC)NC1CC(NC(=O)OC(C)(C)C)C1)c1cc(C)c2cc(NCC(F)(F)F)cc(C(C)(C)C)c2n1. The molecule has 8 nitrogen and oxygen atoms in total. The smallest absolute Gasteiger partial charge is 0.407 e. The Hall–Kier alpha value is -3.50. The number of amides is 1. The number of nitrogens with zero attached hydrogens (tertiary/aromatic N) is 2. The molecular weight excluding hydrogens is 559 g/mol. The molecule has 3 N–H and O–H groups in total. The number of carbonyl (C=O) groups is 1. The number of benzene rings is 1. The maximum absolute atomic E-state index is 13.0. The van der Waals surface area contributed by atoms with Crippen LogP contribution in [0.3, 0.4) is 0 Å². The normalized spacial score (nSPS) is 18.5. The number of hydrogen-bond acceptors (Lipinski definition) is 6. The molecule has 0 aliphatic heterocycles. The summed E-state index contributed by atoms with van der Waals surface area (Å²) in [6.07, 6.45) is -2.66. The maximum Gasteiger partial charge on any atom is 0.407 e. The van der Waals surface area contributed by atoms with Gasteiger partial charge in [0.05, 0.1) is 5.52 Å². The molecule has 0 spiro atoms. The van der Waals surface area contributed by atoms with Crippen LogP contribution in [0.25, 0.3) is 16.7 Å². The van der Waals surface area contributed by atoms with Gasteiger partial charge in [0.15, 0.2) is 5.76 Å². The lowest BCUT2D eigenvalue weighted by atomic mass is 9.84. The minimum Gasteiger partial charge on any atom is -0.444 e. The van der Waals surface area contributed by atoms with Crippen molar-refractivity contribution < 1.29 is 27.4 Å². The average Bonchev–Trinajstić information content (AvgIpc) is 2.85. The number of hydrogen-bond donors (Lipinski definition) is 3. The molecule has 0 radical (unpaired) electrons. The van der Waals surface area contributed by atoms with Crippen LogP contribution in [0.1, 0.15) is 91.5 Å². The van der Waals surface area contributed by atoms with E-state index in [4.69, 9.17) is 14.5 Å². The zero-order chi connectivity index (χ0) is 32.3. The molecule has 1 saturated carbocycles. The van der Waals surface area contributed by atoms with E-state index in [1.807, 2.05) is 68.4 Å². The largest absolute Gasteiger partial charge is 0.444 e. The molecule has 238 valence electrons. The number of amidine groups is 1. The molecule has 0 unspecified atom stereocenters. The first kappa shape index (κ1) is 34.0. The molecule has 0 saturated heterocycles. The summed E-state index contributed by atoms with van der Waals surface area (Å²) in [6.45, 7) is 16.3. The van der Waals surface area contributed by atoms with E-state index in [-0.39, 0.29) is 17.5 Å². The highest BCUT2D eigenvalue weighted by Crippen LogP contribution is 2.36. The lowest BCUT2D eigenvalue weighted by Crippen LogP contribution is -2.54. The molecule has 0 bridgehead atoms. The van der Waals surface area contributed by atoms with E-state index >= 15 is 0 Å². The lowest BCUT2D eigenvalue weighted by Gasteiger charge is -2.37. The highest BCUT2D eigenvalue weighted by atomic mass is 19.4. The molecule has 1 aliphatic rings. The van der Waals surface area contributed by atoms with Crippen molar-refractivity contribution >= 4 is 34.5 Å². The van der Waals surface area contributed by atoms with Gasteiger partial charge in [-0.05, 0) is 94.2 Å². The molecule has 2 aromatic rings. The zero-order valence-corrected chi connectivity index (χ0v) is 27.0. The number of ether oxygens (including phenoxy) is 2. The van der Waals surface area contributed by atoms with Crippen LogP contribution in [0, 0.1) is 6.92 Å². The topological polar surface area (TPSA) is 96.9 Å². The fraction of sp³-hybridized carbons (Fsp3) is 0.594. The molecule has 1 aromatic carbocycles. The van der Waals surface area contributed by atoms with Crippen LogP contribution in [0.5, 0.6) is 0 Å². The molecular formula is C32H46F3N5O3. The van der Waals surface area contributed by atoms with Crippen LogP contribution in [0.4, 0.5) is 23.7 Å². The number of allylic oxidation sites excluding steroid dienone is 1. The number of rotatable bonds is 7. The van der Waals surface area contributed by atoms with Gasteiger partial charge in [-0.15, -0.1) is 0 Å². The minimum absolute atomic E-state index is 0.00557. The van der Waals surface area contributed by atoms with Crippen molar-refractivity contribution in [1.82, 2.24) is 15.6 Å². The number of alkyl carbamates (subject to hydrolysis) is 1. The Morgan fingerprint density at radius 2 is 1.67 bits per heavy atom. The van der Waals surface area contributed by atoms with Gasteiger partial charge < -0.3 is 25.4 Å². The Balaban J connectivity index is 1.86. The number of aliphatic imine (C=N–C) groups is 1. The zero-order valence-electron chi connectivity index (χ0n) is 27.0. The third-order valence-electron chi connectivity index (χ3n) is 7.16. The maximum atomic E-state index is 13.0. The Labute approximate surface area is 252 Å². The quantitative estimate of drug-likeness (QED) is 0.171. The molecule has 43 heavy (non-hydrogen) atoms. The third kappa shape index (κ3) is 9.49. The van der Waals surface area contributed by atoms with Crippen molar-refractivity contribution in [2.75, 3.05) is 18.9 Å². The molecule has 1 fully saturated rings. The van der Waals surface area contributed by atoms with Crippen molar-refractivity contribution in [3.63, 3.8) is 0 Å². The van der Waals surface area contributed by atoms with Crippen molar-refractivity contribution in [2.24, 2.45) is 4.99 Å². The predicted octanol–water partition coefficient (Wildman–Crippen LogP) is 7.60. The molecule has 1 aliphatic carbocycles. The average molecular weight is 606 g/mol. The summed E-state index contributed by atoms with van der Waals surface area (Å²) in [5.41, 5.74) is 3.44. The number of carbonyl (C=O) groups excluding carboxylic acids is 1. The molecule has 0 atom stereocenters. The van der Waals surface area contributed by atoms with E-state index < -0.39 is 24.4 Å². The van der Waals surface area contributed by atoms with E-state index in [1.54, 1.807) is 19.2 Å². The third-order valence-corrected chi connectivity index (χ3v) is 7.16. The van der Waals surface area contributed by atoms with Crippen LogP contribution >= 0.6 is 0 Å². The van der Waals surface area contributed by atoms with Gasteiger partial charge in [0.2, 0.25) is 0 Å². The van der Waals surface area contributed by atoms with Gasteiger partial charge in [-0.3, -0.25) is 0 Å². The van der Waals surface area contributed by atoms with E-state index in [0.717, 1.165) is 22.1 Å². The number of nitrogens with one attached hydrogen (secondary N) is 3. The van der Waals surface area contributed by atoms with Crippen molar-refractivity contribution in [2.45, 2.75) is 111 Å². The summed E-state index contributed by atoms with van der Waals surface area (Å²) in [7, 11) is 1.64. The summed E-state index contributed by atoms with van der Waals surface area (Å²) in [6, 6.07) is 5.76. The summed E-state index contributed by atoms with van der Waals surface area (Å²) in [5.74, 6) is 0.572. The molecule has 3 rings (SSSR count). The second-order valence-electron chi connectivity index (χ2n) is 13.2. The standard InChI is InChI=1S/C32H46F3N5O3/c1-11-18(2)27(42-28(36-10)38-21-13-22(14-21)39-29(41)43-31(7,8)9)25-12-19(3)23-15-20(37-17-32(33,34)35)16-24(26(23)40-25)30(4,5)6/h12,15-16,21-22,37H,11,13-14,17H2,1-10H3,(H,36,38)(H,39,41). The number of halogens is 3. The van der Waals surface area contributed by atoms with E-state index in [0.29, 0.717) is 47.9 Å². The summed E-state index contributed by atoms with van der Waals surface area (Å²) < 4.78 is 50.6. The Morgan fingerprint density at radius 1 is 1.05 bits per heavy atom. The van der Waals surface area contributed by atoms with Crippen LogP contribution in [-0.2, 0) is 14.9 Å².